The summed E-state index contributed by atoms with van der Waals surface area (Å²) in [4.78, 5) is 41.1. The van der Waals surface area contributed by atoms with E-state index in [0.717, 1.165) is 10.4 Å². The molecule has 3 amide bonds. The van der Waals surface area contributed by atoms with Crippen molar-refractivity contribution in [3.8, 4) is 5.75 Å². The molecule has 0 aliphatic carbocycles. The number of ether oxygens (including phenoxy) is 2. The molecule has 3 aromatic rings. The summed E-state index contributed by atoms with van der Waals surface area (Å²) in [5.41, 5.74) is 2.03. The van der Waals surface area contributed by atoms with Crippen LogP contribution in [0, 0.1) is 0 Å². The zero-order valence-electron chi connectivity index (χ0n) is 19.2. The van der Waals surface area contributed by atoms with Gasteiger partial charge < -0.3 is 25.0 Å². The number of fused-ring (bicyclic) bond motifs is 1. The molecular formula is C25H24ClN3O5S. The zero-order chi connectivity index (χ0) is 24.9. The van der Waals surface area contributed by atoms with Gasteiger partial charge in [0.15, 0.2) is 0 Å². The summed E-state index contributed by atoms with van der Waals surface area (Å²) in [5.74, 6) is -0.285. The monoisotopic (exact) mass is 513 g/mol. The number of benzene rings is 2. The van der Waals surface area contributed by atoms with Crippen molar-refractivity contribution in [3.63, 3.8) is 0 Å². The number of hydrogen-bond acceptors (Lipinski definition) is 6. The van der Waals surface area contributed by atoms with Gasteiger partial charge in [-0.2, -0.15) is 0 Å². The highest BCUT2D eigenvalue weighted by molar-refractivity contribution is 7.17. The van der Waals surface area contributed by atoms with E-state index in [-0.39, 0.29) is 12.5 Å². The second kappa shape index (κ2) is 10.8. The van der Waals surface area contributed by atoms with Crippen molar-refractivity contribution in [3.05, 3.63) is 75.1 Å². The molecule has 0 saturated carbocycles. The van der Waals surface area contributed by atoms with Crippen LogP contribution >= 0.6 is 22.9 Å². The number of halogens is 1. The third-order valence-electron chi connectivity index (χ3n) is 5.48. The van der Waals surface area contributed by atoms with Crippen molar-refractivity contribution in [1.29, 1.82) is 0 Å². The number of nitrogens with zero attached hydrogens (tertiary/aromatic N) is 1. The number of nitrogens with one attached hydrogen (secondary N) is 2. The smallest absolute Gasteiger partial charge is 0.410 e. The summed E-state index contributed by atoms with van der Waals surface area (Å²) < 4.78 is 10.5. The van der Waals surface area contributed by atoms with Crippen LogP contribution in [0.15, 0.2) is 48.5 Å². The normalized spacial score (nSPS) is 12.5. The lowest BCUT2D eigenvalue weighted by atomic mass is 10.0. The van der Waals surface area contributed by atoms with E-state index >= 15 is 0 Å². The minimum Gasteiger partial charge on any atom is -0.495 e. The average Bonchev–Trinajstić information content (AvgIpc) is 3.22. The van der Waals surface area contributed by atoms with Crippen molar-refractivity contribution in [1.82, 2.24) is 4.90 Å². The van der Waals surface area contributed by atoms with Gasteiger partial charge in [-0.1, -0.05) is 29.8 Å². The molecule has 0 radical (unpaired) electrons. The van der Waals surface area contributed by atoms with Crippen LogP contribution in [0.4, 0.5) is 15.5 Å². The third kappa shape index (κ3) is 5.41. The fraction of sp³-hybridized carbons (Fsp3) is 0.240. The first-order valence-corrected chi connectivity index (χ1v) is 12.2. The predicted molar refractivity (Wildman–Crippen MR) is 136 cm³/mol. The van der Waals surface area contributed by atoms with Crippen molar-refractivity contribution >= 4 is 51.5 Å². The molecular weight excluding hydrogens is 490 g/mol. The topological polar surface area (TPSA) is 97.0 Å². The Morgan fingerprint density at radius 3 is 2.57 bits per heavy atom. The van der Waals surface area contributed by atoms with Gasteiger partial charge in [-0.05, 0) is 49.2 Å². The molecule has 10 heteroatoms. The Balaban J connectivity index is 1.69. The Hall–Kier alpha value is -3.56. The lowest BCUT2D eigenvalue weighted by Crippen LogP contribution is -2.36. The van der Waals surface area contributed by atoms with Crippen LogP contribution in [-0.4, -0.2) is 43.1 Å². The van der Waals surface area contributed by atoms with Crippen LogP contribution in [0.2, 0.25) is 5.02 Å². The van der Waals surface area contributed by atoms with E-state index in [9.17, 15) is 14.4 Å². The average molecular weight is 514 g/mol. The minimum atomic E-state index is -0.406. The van der Waals surface area contributed by atoms with Gasteiger partial charge in [0.2, 0.25) is 0 Å². The highest BCUT2D eigenvalue weighted by atomic mass is 35.5. The van der Waals surface area contributed by atoms with E-state index in [2.05, 4.69) is 10.6 Å². The van der Waals surface area contributed by atoms with E-state index in [4.69, 9.17) is 21.1 Å². The molecule has 2 heterocycles. The Kier molecular flexibility index (Phi) is 7.57. The Bertz CT molecular complexity index is 1260. The molecule has 1 aliphatic heterocycles. The zero-order valence-corrected chi connectivity index (χ0v) is 20.8. The number of methoxy groups -OCH3 is 1. The maximum Gasteiger partial charge on any atom is 0.410 e. The van der Waals surface area contributed by atoms with E-state index in [1.54, 1.807) is 54.3 Å². The Morgan fingerprint density at radius 2 is 1.86 bits per heavy atom. The number of amides is 3. The molecule has 2 aromatic carbocycles. The van der Waals surface area contributed by atoms with Crippen LogP contribution in [0.5, 0.6) is 5.75 Å². The van der Waals surface area contributed by atoms with Gasteiger partial charge in [0, 0.05) is 22.0 Å². The molecule has 1 aromatic heterocycles. The van der Waals surface area contributed by atoms with Crippen molar-refractivity contribution in [2.45, 2.75) is 19.9 Å². The van der Waals surface area contributed by atoms with Gasteiger partial charge in [0.25, 0.3) is 11.8 Å². The lowest BCUT2D eigenvalue weighted by Gasteiger charge is -2.26. The number of rotatable bonds is 6. The number of carbonyl (C=O) groups excluding carboxylic acids is 3. The SMILES string of the molecule is CCOC(=O)N1CCc2c(sc(NC(=O)c3ccccc3)c2C(=O)Nc2cc(Cl)ccc2OC)C1. The molecule has 0 saturated heterocycles. The second-order valence-corrected chi connectivity index (χ2v) is 9.24. The maximum absolute atomic E-state index is 13.5. The minimum absolute atomic E-state index is 0.278. The van der Waals surface area contributed by atoms with Gasteiger partial charge in [0.1, 0.15) is 10.8 Å². The molecule has 35 heavy (non-hydrogen) atoms. The lowest BCUT2D eigenvalue weighted by molar-refractivity contribution is 0.101. The molecule has 4 rings (SSSR count). The summed E-state index contributed by atoms with van der Waals surface area (Å²) in [6, 6.07) is 13.7. The fourth-order valence-corrected chi connectivity index (χ4v) is 5.26. The number of carbonyl (C=O) groups is 3. The fourth-order valence-electron chi connectivity index (χ4n) is 3.83. The molecule has 0 fully saturated rings. The van der Waals surface area contributed by atoms with Gasteiger partial charge in [-0.15, -0.1) is 11.3 Å². The van der Waals surface area contributed by atoms with Crippen LogP contribution in [0.1, 0.15) is 38.1 Å². The van der Waals surface area contributed by atoms with Crippen LogP contribution < -0.4 is 15.4 Å². The molecule has 182 valence electrons. The molecule has 0 atom stereocenters. The first-order chi connectivity index (χ1) is 16.9. The second-order valence-electron chi connectivity index (χ2n) is 7.70. The van der Waals surface area contributed by atoms with Gasteiger partial charge >= 0.3 is 6.09 Å². The highest BCUT2D eigenvalue weighted by Crippen LogP contribution is 2.39. The van der Waals surface area contributed by atoms with Gasteiger partial charge in [-0.3, -0.25) is 9.59 Å². The first-order valence-electron chi connectivity index (χ1n) is 11.0. The number of thiophene rings is 1. The Labute approximate surface area is 211 Å². The first kappa shape index (κ1) is 24.6. The van der Waals surface area contributed by atoms with Gasteiger partial charge in [0.05, 0.1) is 31.5 Å². The molecule has 0 bridgehead atoms. The van der Waals surface area contributed by atoms with Crippen LogP contribution in [-0.2, 0) is 17.7 Å². The summed E-state index contributed by atoms with van der Waals surface area (Å²) in [6.45, 7) is 2.72. The Morgan fingerprint density at radius 1 is 1.09 bits per heavy atom. The van der Waals surface area contributed by atoms with E-state index < -0.39 is 12.0 Å². The molecule has 0 spiro atoms. The highest BCUT2D eigenvalue weighted by Gasteiger charge is 2.31. The van der Waals surface area contributed by atoms with E-state index in [1.807, 2.05) is 6.07 Å². The molecule has 0 unspecified atom stereocenters. The largest absolute Gasteiger partial charge is 0.495 e. The van der Waals surface area contributed by atoms with Crippen LogP contribution in [0.25, 0.3) is 0 Å². The number of anilines is 2. The summed E-state index contributed by atoms with van der Waals surface area (Å²) >= 11 is 7.40. The van der Waals surface area contributed by atoms with Gasteiger partial charge in [-0.25, -0.2) is 4.79 Å². The summed E-state index contributed by atoms with van der Waals surface area (Å²) in [7, 11) is 1.50. The number of hydrogen-bond donors (Lipinski definition) is 2. The predicted octanol–water partition coefficient (Wildman–Crippen LogP) is 5.43. The molecule has 1 aliphatic rings. The maximum atomic E-state index is 13.5. The van der Waals surface area contributed by atoms with Crippen molar-refractivity contribution < 1.29 is 23.9 Å². The van der Waals surface area contributed by atoms with Crippen molar-refractivity contribution in [2.24, 2.45) is 0 Å². The standard InChI is InChI=1S/C25H24ClN3O5S/c1-3-34-25(32)29-12-11-17-20(14-29)35-24(28-22(30)15-7-5-4-6-8-15)21(17)23(31)27-18-13-16(26)9-10-19(18)33-2/h4-10,13H,3,11-12,14H2,1-2H3,(H,27,31)(H,28,30). The third-order valence-corrected chi connectivity index (χ3v) is 6.85. The van der Waals surface area contributed by atoms with E-state index in [1.165, 1.54) is 18.4 Å². The summed E-state index contributed by atoms with van der Waals surface area (Å²) in [5, 5.41) is 6.60. The molecule has 8 nitrogen and oxygen atoms in total. The van der Waals surface area contributed by atoms with Crippen LogP contribution in [0.3, 0.4) is 0 Å². The summed E-state index contributed by atoms with van der Waals surface area (Å²) in [6.07, 6.45) is 0.0393. The van der Waals surface area contributed by atoms with Crippen molar-refractivity contribution in [2.75, 3.05) is 30.9 Å². The molecule has 2 N–H and O–H groups in total. The quantitative estimate of drug-likeness (QED) is 0.458. The van der Waals surface area contributed by atoms with E-state index in [0.29, 0.717) is 52.1 Å².